The average Bonchev–Trinajstić information content (AvgIpc) is 2.54. The molecule has 0 saturated carbocycles. The van der Waals surface area contributed by atoms with Crippen molar-refractivity contribution in [2.75, 3.05) is 0 Å². The van der Waals surface area contributed by atoms with E-state index in [1.54, 1.807) is 24.4 Å². The standard InChI is InChI=1S/C18H13NO2/c20-18(21-16-8-4-12-19-13-16)11-10-15-7-3-6-14-5-1-2-9-17(14)15/h1-13H/b11-10+. The Morgan fingerprint density at radius 2 is 1.86 bits per heavy atom. The molecule has 3 nitrogen and oxygen atoms in total. The quantitative estimate of drug-likeness (QED) is 0.538. The molecule has 0 aliphatic carbocycles. The highest BCUT2D eigenvalue weighted by Gasteiger charge is 2.01. The molecule has 102 valence electrons. The predicted octanol–water partition coefficient (Wildman–Crippen LogP) is 3.85. The van der Waals surface area contributed by atoms with Crippen molar-refractivity contribution in [1.82, 2.24) is 4.98 Å². The first-order chi connectivity index (χ1) is 10.3. The monoisotopic (exact) mass is 275 g/mol. The fraction of sp³-hybridized carbons (Fsp3) is 0. The van der Waals surface area contributed by atoms with E-state index in [2.05, 4.69) is 4.98 Å². The van der Waals surface area contributed by atoms with Crippen LogP contribution in [0.3, 0.4) is 0 Å². The Labute approximate surface area is 122 Å². The molecule has 0 atom stereocenters. The van der Waals surface area contributed by atoms with E-state index in [4.69, 9.17) is 4.74 Å². The van der Waals surface area contributed by atoms with Crippen molar-refractivity contribution in [2.24, 2.45) is 0 Å². The van der Waals surface area contributed by atoms with Crippen LogP contribution in [0, 0.1) is 0 Å². The molecule has 0 saturated heterocycles. The minimum Gasteiger partial charge on any atom is -0.422 e. The highest BCUT2D eigenvalue weighted by atomic mass is 16.5. The summed E-state index contributed by atoms with van der Waals surface area (Å²) in [6.45, 7) is 0. The Bertz CT molecular complexity index is 789. The van der Waals surface area contributed by atoms with Gasteiger partial charge in [0.2, 0.25) is 0 Å². The molecule has 0 N–H and O–H groups in total. The van der Waals surface area contributed by atoms with E-state index < -0.39 is 5.97 Å². The van der Waals surface area contributed by atoms with Crippen LogP contribution in [0.25, 0.3) is 16.8 Å². The third kappa shape index (κ3) is 3.15. The predicted molar refractivity (Wildman–Crippen MR) is 82.9 cm³/mol. The number of benzene rings is 2. The number of carbonyl (C=O) groups excluding carboxylic acids is 1. The largest absolute Gasteiger partial charge is 0.422 e. The molecule has 0 aliphatic rings. The number of nitrogens with zero attached hydrogens (tertiary/aromatic N) is 1. The summed E-state index contributed by atoms with van der Waals surface area (Å²) < 4.78 is 5.16. The van der Waals surface area contributed by atoms with Gasteiger partial charge in [0.15, 0.2) is 0 Å². The van der Waals surface area contributed by atoms with Crippen molar-refractivity contribution in [3.05, 3.63) is 78.6 Å². The van der Waals surface area contributed by atoms with Crippen LogP contribution >= 0.6 is 0 Å². The number of fused-ring (bicyclic) bond motifs is 1. The van der Waals surface area contributed by atoms with E-state index >= 15 is 0 Å². The number of pyridine rings is 1. The topological polar surface area (TPSA) is 39.2 Å². The van der Waals surface area contributed by atoms with Crippen molar-refractivity contribution in [2.45, 2.75) is 0 Å². The molecule has 3 rings (SSSR count). The third-order valence-corrected chi connectivity index (χ3v) is 3.08. The summed E-state index contributed by atoms with van der Waals surface area (Å²) >= 11 is 0. The minimum atomic E-state index is -0.420. The lowest BCUT2D eigenvalue weighted by Gasteiger charge is -2.02. The Morgan fingerprint density at radius 3 is 2.71 bits per heavy atom. The summed E-state index contributed by atoms with van der Waals surface area (Å²) in [4.78, 5) is 15.7. The van der Waals surface area contributed by atoms with Gasteiger partial charge in [-0.3, -0.25) is 4.98 Å². The SMILES string of the molecule is O=C(/C=C/c1cccc2ccccc12)Oc1cccnc1. The summed E-state index contributed by atoms with van der Waals surface area (Å²) in [5, 5.41) is 2.24. The molecule has 2 aromatic carbocycles. The first-order valence-electron chi connectivity index (χ1n) is 6.60. The van der Waals surface area contributed by atoms with Crippen LogP contribution in [0.1, 0.15) is 5.56 Å². The molecule has 3 heteroatoms. The highest BCUT2D eigenvalue weighted by molar-refractivity contribution is 5.95. The van der Waals surface area contributed by atoms with Gasteiger partial charge >= 0.3 is 5.97 Å². The van der Waals surface area contributed by atoms with Gasteiger partial charge in [0, 0.05) is 12.3 Å². The Hall–Kier alpha value is -2.94. The minimum absolute atomic E-state index is 0.420. The second-order valence-electron chi connectivity index (χ2n) is 4.51. The van der Waals surface area contributed by atoms with Gasteiger partial charge in [-0.25, -0.2) is 4.79 Å². The maximum atomic E-state index is 11.8. The van der Waals surface area contributed by atoms with E-state index in [1.165, 1.54) is 12.3 Å². The van der Waals surface area contributed by atoms with Gasteiger partial charge < -0.3 is 4.74 Å². The second kappa shape index (κ2) is 6.01. The Balaban J connectivity index is 1.80. The molecule has 21 heavy (non-hydrogen) atoms. The van der Waals surface area contributed by atoms with Crippen molar-refractivity contribution < 1.29 is 9.53 Å². The lowest BCUT2D eigenvalue weighted by atomic mass is 10.0. The Kier molecular flexibility index (Phi) is 3.74. The molecular weight excluding hydrogens is 262 g/mol. The summed E-state index contributed by atoms with van der Waals surface area (Å²) in [6, 6.07) is 17.4. The zero-order chi connectivity index (χ0) is 14.5. The van der Waals surface area contributed by atoms with Gasteiger partial charge in [-0.1, -0.05) is 42.5 Å². The van der Waals surface area contributed by atoms with Crippen LogP contribution in [-0.2, 0) is 4.79 Å². The number of ether oxygens (including phenoxy) is 1. The van der Waals surface area contributed by atoms with E-state index in [0.717, 1.165) is 16.3 Å². The molecule has 3 aromatic rings. The summed E-state index contributed by atoms with van der Waals surface area (Å²) in [5.74, 6) is 0.0148. The highest BCUT2D eigenvalue weighted by Crippen LogP contribution is 2.19. The number of hydrogen-bond acceptors (Lipinski definition) is 3. The van der Waals surface area contributed by atoms with Gasteiger partial charge in [-0.05, 0) is 34.5 Å². The zero-order valence-corrected chi connectivity index (χ0v) is 11.3. The molecule has 0 radical (unpaired) electrons. The number of hydrogen-bond donors (Lipinski definition) is 0. The van der Waals surface area contributed by atoms with Gasteiger partial charge in [-0.2, -0.15) is 0 Å². The van der Waals surface area contributed by atoms with Crippen LogP contribution in [0.2, 0.25) is 0 Å². The van der Waals surface area contributed by atoms with Crippen molar-refractivity contribution in [3.8, 4) is 5.75 Å². The number of carbonyl (C=O) groups is 1. The van der Waals surface area contributed by atoms with Gasteiger partial charge in [0.25, 0.3) is 0 Å². The summed E-state index contributed by atoms with van der Waals surface area (Å²) in [5.41, 5.74) is 0.983. The third-order valence-electron chi connectivity index (χ3n) is 3.08. The zero-order valence-electron chi connectivity index (χ0n) is 11.3. The average molecular weight is 275 g/mol. The van der Waals surface area contributed by atoms with E-state index in [9.17, 15) is 4.79 Å². The van der Waals surface area contributed by atoms with Crippen LogP contribution in [-0.4, -0.2) is 11.0 Å². The molecule has 0 bridgehead atoms. The molecule has 0 unspecified atom stereocenters. The lowest BCUT2D eigenvalue weighted by Crippen LogP contribution is -2.03. The molecular formula is C18H13NO2. The lowest BCUT2D eigenvalue weighted by molar-refractivity contribution is -0.128. The van der Waals surface area contributed by atoms with E-state index in [1.807, 2.05) is 42.5 Å². The maximum Gasteiger partial charge on any atom is 0.336 e. The van der Waals surface area contributed by atoms with Crippen molar-refractivity contribution >= 4 is 22.8 Å². The summed E-state index contributed by atoms with van der Waals surface area (Å²) in [7, 11) is 0. The normalized spacial score (nSPS) is 10.9. The fourth-order valence-corrected chi connectivity index (χ4v) is 2.11. The van der Waals surface area contributed by atoms with Crippen LogP contribution in [0.15, 0.2) is 73.1 Å². The van der Waals surface area contributed by atoms with Gasteiger partial charge in [0.05, 0.1) is 6.20 Å². The molecule has 1 aromatic heterocycles. The molecule has 0 spiro atoms. The van der Waals surface area contributed by atoms with E-state index in [-0.39, 0.29) is 0 Å². The number of aromatic nitrogens is 1. The number of esters is 1. The molecule has 0 aliphatic heterocycles. The van der Waals surface area contributed by atoms with Crippen molar-refractivity contribution in [3.63, 3.8) is 0 Å². The van der Waals surface area contributed by atoms with Gasteiger partial charge in [-0.15, -0.1) is 0 Å². The van der Waals surface area contributed by atoms with Crippen LogP contribution < -0.4 is 4.74 Å². The van der Waals surface area contributed by atoms with E-state index in [0.29, 0.717) is 5.75 Å². The number of rotatable bonds is 3. The fourth-order valence-electron chi connectivity index (χ4n) is 2.11. The molecule has 1 heterocycles. The van der Waals surface area contributed by atoms with Gasteiger partial charge in [0.1, 0.15) is 5.75 Å². The molecule has 0 fully saturated rings. The first-order valence-corrected chi connectivity index (χ1v) is 6.60. The first kappa shape index (κ1) is 13.1. The molecule has 0 amide bonds. The second-order valence-corrected chi connectivity index (χ2v) is 4.51. The Morgan fingerprint density at radius 1 is 1.00 bits per heavy atom. The maximum absolute atomic E-state index is 11.8. The summed E-state index contributed by atoms with van der Waals surface area (Å²) in [6.07, 6.45) is 6.32. The van der Waals surface area contributed by atoms with Crippen LogP contribution in [0.5, 0.6) is 5.75 Å². The smallest absolute Gasteiger partial charge is 0.336 e. The van der Waals surface area contributed by atoms with Crippen LogP contribution in [0.4, 0.5) is 0 Å². The van der Waals surface area contributed by atoms with Crippen molar-refractivity contribution in [1.29, 1.82) is 0 Å².